The summed E-state index contributed by atoms with van der Waals surface area (Å²) >= 11 is 12.5. The Morgan fingerprint density at radius 1 is 1.15 bits per heavy atom. The zero-order valence-electron chi connectivity index (χ0n) is 18.6. The van der Waals surface area contributed by atoms with Gasteiger partial charge in [0, 0.05) is 65.6 Å². The van der Waals surface area contributed by atoms with Crippen molar-refractivity contribution in [2.45, 2.75) is 13.5 Å². The molecule has 0 spiro atoms. The van der Waals surface area contributed by atoms with Crippen molar-refractivity contribution in [1.29, 1.82) is 0 Å². The summed E-state index contributed by atoms with van der Waals surface area (Å²) in [5, 5.41) is 9.02. The zero-order chi connectivity index (χ0) is 23.8. The fourth-order valence-electron chi connectivity index (χ4n) is 3.90. The predicted molar refractivity (Wildman–Crippen MR) is 136 cm³/mol. The van der Waals surface area contributed by atoms with E-state index in [0.717, 1.165) is 38.4 Å². The van der Waals surface area contributed by atoms with Crippen LogP contribution in [0.3, 0.4) is 0 Å². The average Bonchev–Trinajstić information content (AvgIpc) is 3.10. The number of hydrogen-bond acceptors (Lipinski definition) is 5. The van der Waals surface area contributed by atoms with Crippen molar-refractivity contribution in [3.63, 3.8) is 0 Å². The van der Waals surface area contributed by atoms with E-state index in [2.05, 4.69) is 26.2 Å². The molecule has 2 aromatic heterocycles. The number of anilines is 1. The van der Waals surface area contributed by atoms with Crippen molar-refractivity contribution in [2.24, 2.45) is 0 Å². The lowest BCUT2D eigenvalue weighted by Gasteiger charge is -2.35. The number of rotatable bonds is 6. The van der Waals surface area contributed by atoms with Crippen molar-refractivity contribution >= 4 is 61.4 Å². The summed E-state index contributed by atoms with van der Waals surface area (Å²) in [5.41, 5.74) is 2.27. The van der Waals surface area contributed by atoms with E-state index in [4.69, 9.17) is 23.2 Å². The Kier molecular flexibility index (Phi) is 6.97. The maximum Gasteiger partial charge on any atom is 0.258 e. The highest BCUT2D eigenvalue weighted by Crippen LogP contribution is 2.29. The molecule has 0 saturated carbocycles. The van der Waals surface area contributed by atoms with Crippen LogP contribution in [0.25, 0.3) is 11.0 Å². The van der Waals surface area contributed by atoms with E-state index < -0.39 is 9.71 Å². The van der Waals surface area contributed by atoms with Crippen LogP contribution in [-0.2, 0) is 16.3 Å². The fourth-order valence-corrected chi connectivity index (χ4v) is 5.31. The number of benzene rings is 1. The third-order valence-electron chi connectivity index (χ3n) is 5.72. The molecule has 3 heterocycles. The Morgan fingerprint density at radius 3 is 2.45 bits per heavy atom. The van der Waals surface area contributed by atoms with Crippen LogP contribution in [0.15, 0.2) is 30.5 Å². The molecule has 3 aromatic rings. The van der Waals surface area contributed by atoms with Gasteiger partial charge in [-0.3, -0.25) is 13.9 Å². The van der Waals surface area contributed by atoms with Gasteiger partial charge in [0.1, 0.15) is 0 Å². The zero-order valence-corrected chi connectivity index (χ0v) is 20.9. The number of carbonyl (C=O) groups is 1. The second kappa shape index (κ2) is 9.60. The fraction of sp³-hybridized carbons (Fsp3) is 0.364. The molecular weight excluding hydrogens is 483 g/mol. The van der Waals surface area contributed by atoms with Gasteiger partial charge >= 0.3 is 0 Å². The molecule has 1 aromatic carbocycles. The summed E-state index contributed by atoms with van der Waals surface area (Å²) in [7, 11) is -2.15. The van der Waals surface area contributed by atoms with Crippen LogP contribution in [0.1, 0.15) is 16.1 Å². The molecule has 1 unspecified atom stereocenters. The molecule has 1 saturated heterocycles. The second-order valence-corrected chi connectivity index (χ2v) is 11.4. The first-order chi connectivity index (χ1) is 15.6. The van der Waals surface area contributed by atoms with E-state index >= 15 is 0 Å². The van der Waals surface area contributed by atoms with Gasteiger partial charge in [0.25, 0.3) is 5.91 Å². The molecule has 1 amide bonds. The van der Waals surface area contributed by atoms with E-state index in [1.165, 1.54) is 6.20 Å². The number of pyridine rings is 1. The summed E-state index contributed by atoms with van der Waals surface area (Å²) in [6.07, 6.45) is 3.17. The molecule has 176 valence electrons. The Balaban J connectivity index is 1.47. The largest absolute Gasteiger partial charge is 0.322 e. The first-order valence-corrected chi connectivity index (χ1v) is 13.4. The molecule has 0 bridgehead atoms. The molecule has 1 aliphatic rings. The number of amides is 1. The summed E-state index contributed by atoms with van der Waals surface area (Å²) in [4.78, 5) is 19.6. The maximum absolute atomic E-state index is 12.8. The molecule has 1 aliphatic heterocycles. The monoisotopic (exact) mass is 508 g/mol. The summed E-state index contributed by atoms with van der Waals surface area (Å²) in [5.74, 6) is 3.42. The van der Waals surface area contributed by atoms with Gasteiger partial charge in [-0.2, -0.15) is 5.10 Å². The average molecular weight is 509 g/mol. The molecular formula is C22H26Cl2N6O2S. The molecule has 33 heavy (non-hydrogen) atoms. The van der Waals surface area contributed by atoms with Crippen LogP contribution in [0, 0.1) is 6.92 Å². The molecule has 0 aliphatic carbocycles. The number of aryl methyl sites for hydroxylation is 1. The minimum atomic E-state index is -2.15. The third kappa shape index (κ3) is 5.33. The van der Waals surface area contributed by atoms with Crippen LogP contribution in [0.4, 0.5) is 5.69 Å². The Labute approximate surface area is 203 Å². The molecule has 1 atom stereocenters. The van der Waals surface area contributed by atoms with Gasteiger partial charge in [-0.05, 0) is 37.1 Å². The summed E-state index contributed by atoms with van der Waals surface area (Å²) in [6, 6.07) is 6.85. The minimum Gasteiger partial charge on any atom is -0.322 e. The number of aromatic nitrogens is 3. The van der Waals surface area contributed by atoms with E-state index in [0.29, 0.717) is 33.3 Å². The molecule has 1 N–H and O–H groups in total. The predicted octanol–water partition coefficient (Wildman–Crippen LogP) is 3.18. The van der Waals surface area contributed by atoms with Crippen LogP contribution >= 0.6 is 23.2 Å². The standard InChI is InChI=1S/C22H26Cl2N6O2S/c1-15-19-20(24)18(22(31)26-17-6-4-16(23)5-7-17)14-25-21(19)30(27-15)13-10-28-8-11-29(12-9-28)33(2,3)32/h4-7,14H,2,8-13H2,1,3H3,(H,26,31). The van der Waals surface area contributed by atoms with Crippen LogP contribution in [0.5, 0.6) is 0 Å². The van der Waals surface area contributed by atoms with Gasteiger partial charge in [0.05, 0.1) is 28.2 Å². The molecule has 0 radical (unpaired) electrons. The Bertz CT molecular complexity index is 1280. The highest BCUT2D eigenvalue weighted by atomic mass is 35.5. The van der Waals surface area contributed by atoms with Crippen molar-refractivity contribution < 1.29 is 9.00 Å². The first-order valence-electron chi connectivity index (χ1n) is 10.5. The summed E-state index contributed by atoms with van der Waals surface area (Å²) in [6.45, 7) is 6.38. The smallest absolute Gasteiger partial charge is 0.258 e. The summed E-state index contributed by atoms with van der Waals surface area (Å²) < 4.78 is 15.9. The Morgan fingerprint density at radius 2 is 1.82 bits per heavy atom. The first kappa shape index (κ1) is 24.0. The van der Waals surface area contributed by atoms with E-state index in [-0.39, 0.29) is 11.5 Å². The van der Waals surface area contributed by atoms with Crippen LogP contribution in [-0.4, -0.2) is 78.9 Å². The molecule has 4 rings (SSSR count). The molecule has 1 fully saturated rings. The number of carbonyl (C=O) groups excluding carboxylic acids is 1. The van der Waals surface area contributed by atoms with Crippen molar-refractivity contribution in [1.82, 2.24) is 24.0 Å². The second-order valence-electron chi connectivity index (χ2n) is 8.18. The van der Waals surface area contributed by atoms with Gasteiger partial charge in [-0.15, -0.1) is 0 Å². The number of hydrogen-bond donors (Lipinski definition) is 1. The number of fused-ring (bicyclic) bond motifs is 1. The lowest BCUT2D eigenvalue weighted by Crippen LogP contribution is -2.48. The van der Waals surface area contributed by atoms with Gasteiger partial charge in [0.2, 0.25) is 0 Å². The number of halogens is 2. The van der Waals surface area contributed by atoms with Gasteiger partial charge in [0.15, 0.2) is 5.65 Å². The van der Waals surface area contributed by atoms with E-state index in [1.807, 2.05) is 15.9 Å². The lowest BCUT2D eigenvalue weighted by molar-refractivity contribution is 0.102. The van der Waals surface area contributed by atoms with Gasteiger partial charge < -0.3 is 5.32 Å². The highest BCUT2D eigenvalue weighted by molar-refractivity contribution is 7.97. The van der Waals surface area contributed by atoms with Crippen molar-refractivity contribution in [2.75, 3.05) is 44.3 Å². The quantitative estimate of drug-likeness (QED) is 0.517. The lowest BCUT2D eigenvalue weighted by atomic mass is 10.2. The molecule has 11 heteroatoms. The number of nitrogens with one attached hydrogen (secondary N) is 1. The normalized spacial score (nSPS) is 17.2. The highest BCUT2D eigenvalue weighted by Gasteiger charge is 2.22. The Hall–Kier alpha value is -2.17. The van der Waals surface area contributed by atoms with Crippen molar-refractivity contribution in [3.05, 3.63) is 51.8 Å². The van der Waals surface area contributed by atoms with Crippen molar-refractivity contribution in [3.8, 4) is 0 Å². The number of nitrogens with zero attached hydrogens (tertiary/aromatic N) is 5. The third-order valence-corrected chi connectivity index (χ3v) is 7.83. The maximum atomic E-state index is 12.8. The minimum absolute atomic E-state index is 0.286. The van der Waals surface area contributed by atoms with Gasteiger partial charge in [-0.25, -0.2) is 14.0 Å². The van der Waals surface area contributed by atoms with E-state index in [1.54, 1.807) is 30.5 Å². The van der Waals surface area contributed by atoms with Crippen LogP contribution < -0.4 is 5.32 Å². The van der Waals surface area contributed by atoms with E-state index in [9.17, 15) is 9.00 Å². The van der Waals surface area contributed by atoms with Crippen LogP contribution in [0.2, 0.25) is 10.0 Å². The number of piperazine rings is 1. The van der Waals surface area contributed by atoms with Gasteiger partial charge in [-0.1, -0.05) is 23.2 Å². The molecule has 8 nitrogen and oxygen atoms in total. The SMILES string of the molecule is C=S(C)(=O)N1CCN(CCn2nc(C)c3c(Cl)c(C(=O)Nc4ccc(Cl)cc4)cnc32)CC1. The topological polar surface area (TPSA) is 83.4 Å².